The minimum atomic E-state index is -1.67. The molecule has 1 aliphatic rings. The number of halogens is 1. The predicted molar refractivity (Wildman–Crippen MR) is 67.7 cm³/mol. The molecular weight excluding hydrogens is 254 g/mol. The van der Waals surface area contributed by atoms with Crippen LogP contribution in [0.3, 0.4) is 0 Å². The standard InChI is InChI=1S/C13H10ClNO3/c14-9-7-8(5-6-11(9)16)13(17)15-10-3-1-2-4-12(10)18-13/h1-7,15-17H. The van der Waals surface area contributed by atoms with Crippen LogP contribution >= 0.6 is 11.6 Å². The lowest BCUT2D eigenvalue weighted by Gasteiger charge is -2.23. The van der Waals surface area contributed by atoms with Gasteiger partial charge in [-0.15, -0.1) is 0 Å². The van der Waals surface area contributed by atoms with Crippen molar-refractivity contribution in [3.05, 3.63) is 53.1 Å². The van der Waals surface area contributed by atoms with E-state index in [1.165, 1.54) is 12.1 Å². The van der Waals surface area contributed by atoms with Crippen LogP contribution in [0, 0.1) is 0 Å². The fourth-order valence-corrected chi connectivity index (χ4v) is 2.06. The van der Waals surface area contributed by atoms with Gasteiger partial charge >= 0.3 is 5.91 Å². The van der Waals surface area contributed by atoms with E-state index in [0.717, 1.165) is 0 Å². The zero-order valence-electron chi connectivity index (χ0n) is 9.22. The van der Waals surface area contributed by atoms with Gasteiger partial charge in [0.25, 0.3) is 0 Å². The van der Waals surface area contributed by atoms with E-state index in [1.807, 2.05) is 12.1 Å². The summed E-state index contributed by atoms with van der Waals surface area (Å²) >= 11 is 5.82. The van der Waals surface area contributed by atoms with Gasteiger partial charge < -0.3 is 20.3 Å². The second-order valence-corrected chi connectivity index (χ2v) is 4.44. The van der Waals surface area contributed by atoms with Crippen LogP contribution in [-0.4, -0.2) is 10.2 Å². The van der Waals surface area contributed by atoms with Gasteiger partial charge in [0, 0.05) is 5.56 Å². The van der Waals surface area contributed by atoms with E-state index in [2.05, 4.69) is 5.32 Å². The van der Waals surface area contributed by atoms with E-state index in [-0.39, 0.29) is 10.8 Å². The smallest absolute Gasteiger partial charge is 0.318 e. The van der Waals surface area contributed by atoms with Gasteiger partial charge in [0.15, 0.2) is 0 Å². The molecule has 0 aromatic heterocycles. The van der Waals surface area contributed by atoms with Crippen LogP contribution in [0.25, 0.3) is 0 Å². The second-order valence-electron chi connectivity index (χ2n) is 4.03. The maximum atomic E-state index is 10.4. The van der Waals surface area contributed by atoms with Crippen LogP contribution in [0.2, 0.25) is 5.02 Å². The number of aliphatic hydroxyl groups is 1. The van der Waals surface area contributed by atoms with Crippen molar-refractivity contribution in [1.82, 2.24) is 0 Å². The average molecular weight is 264 g/mol. The first-order valence-electron chi connectivity index (χ1n) is 5.36. The highest BCUT2D eigenvalue weighted by molar-refractivity contribution is 6.32. The molecule has 1 unspecified atom stereocenters. The molecule has 0 fully saturated rings. The summed E-state index contributed by atoms with van der Waals surface area (Å²) in [4.78, 5) is 0. The third-order valence-electron chi connectivity index (χ3n) is 2.79. The summed E-state index contributed by atoms with van der Waals surface area (Å²) in [5, 5.41) is 22.8. The Balaban J connectivity index is 2.01. The number of benzene rings is 2. The van der Waals surface area contributed by atoms with Crippen molar-refractivity contribution in [2.75, 3.05) is 5.32 Å². The number of hydrogen-bond donors (Lipinski definition) is 3. The molecule has 5 heteroatoms. The van der Waals surface area contributed by atoms with Crippen molar-refractivity contribution in [3.63, 3.8) is 0 Å². The van der Waals surface area contributed by atoms with Crippen molar-refractivity contribution in [2.24, 2.45) is 0 Å². The van der Waals surface area contributed by atoms with Crippen LogP contribution in [0.5, 0.6) is 11.5 Å². The molecule has 92 valence electrons. The number of anilines is 1. The number of aromatic hydroxyl groups is 1. The summed E-state index contributed by atoms with van der Waals surface area (Å²) in [5.41, 5.74) is 1.12. The predicted octanol–water partition coefficient (Wildman–Crippen LogP) is 2.65. The van der Waals surface area contributed by atoms with E-state index >= 15 is 0 Å². The Hall–Kier alpha value is -1.91. The molecule has 1 heterocycles. The van der Waals surface area contributed by atoms with Gasteiger partial charge in [-0.25, -0.2) is 0 Å². The molecule has 0 amide bonds. The van der Waals surface area contributed by atoms with Gasteiger partial charge in [-0.2, -0.15) is 0 Å². The van der Waals surface area contributed by atoms with E-state index < -0.39 is 5.91 Å². The SMILES string of the molecule is Oc1ccc(C2(O)Nc3ccccc3O2)cc1Cl. The fraction of sp³-hybridized carbons (Fsp3) is 0.0769. The Bertz CT molecular complexity index is 590. The molecule has 1 aliphatic heterocycles. The molecule has 4 nitrogen and oxygen atoms in total. The normalized spacial score (nSPS) is 21.0. The van der Waals surface area contributed by atoms with Gasteiger partial charge in [-0.3, -0.25) is 0 Å². The lowest BCUT2D eigenvalue weighted by atomic mass is 10.1. The van der Waals surface area contributed by atoms with Gasteiger partial charge in [0.05, 0.1) is 10.7 Å². The summed E-state index contributed by atoms with van der Waals surface area (Å²) in [7, 11) is 0. The van der Waals surface area contributed by atoms with E-state index in [0.29, 0.717) is 17.0 Å². The summed E-state index contributed by atoms with van der Waals surface area (Å²) in [5.74, 6) is -1.15. The van der Waals surface area contributed by atoms with Crippen LogP contribution in [0.4, 0.5) is 5.69 Å². The fourth-order valence-electron chi connectivity index (χ4n) is 1.87. The Morgan fingerprint density at radius 1 is 1.17 bits per heavy atom. The number of nitrogens with one attached hydrogen (secondary N) is 1. The Morgan fingerprint density at radius 3 is 2.67 bits per heavy atom. The Morgan fingerprint density at radius 2 is 1.94 bits per heavy atom. The molecule has 0 aliphatic carbocycles. The van der Waals surface area contributed by atoms with Crippen LogP contribution < -0.4 is 10.1 Å². The quantitative estimate of drug-likeness (QED) is 0.740. The number of phenolic OH excluding ortho intramolecular Hbond substituents is 1. The molecule has 2 aromatic rings. The number of fused-ring (bicyclic) bond motifs is 1. The van der Waals surface area contributed by atoms with Crippen LogP contribution in [-0.2, 0) is 5.91 Å². The zero-order chi connectivity index (χ0) is 12.8. The Labute approximate surface area is 108 Å². The largest absolute Gasteiger partial charge is 0.506 e. The van der Waals surface area contributed by atoms with Gasteiger partial charge in [-0.1, -0.05) is 23.7 Å². The molecule has 0 radical (unpaired) electrons. The molecule has 0 saturated carbocycles. The van der Waals surface area contributed by atoms with Crippen LogP contribution in [0.1, 0.15) is 5.56 Å². The third-order valence-corrected chi connectivity index (χ3v) is 3.09. The minimum absolute atomic E-state index is 0.0421. The molecule has 3 rings (SSSR count). The molecule has 0 bridgehead atoms. The van der Waals surface area contributed by atoms with Crippen molar-refractivity contribution in [3.8, 4) is 11.5 Å². The molecule has 0 saturated heterocycles. The molecule has 2 aromatic carbocycles. The molecular formula is C13H10ClNO3. The number of para-hydroxylation sites is 2. The first-order chi connectivity index (χ1) is 8.58. The first-order valence-corrected chi connectivity index (χ1v) is 5.74. The van der Waals surface area contributed by atoms with Crippen molar-refractivity contribution in [2.45, 2.75) is 5.91 Å². The summed E-state index contributed by atoms with van der Waals surface area (Å²) in [6.07, 6.45) is 0. The molecule has 1 atom stereocenters. The van der Waals surface area contributed by atoms with Crippen molar-refractivity contribution < 1.29 is 14.9 Å². The highest BCUT2D eigenvalue weighted by Crippen LogP contribution is 2.41. The summed E-state index contributed by atoms with van der Waals surface area (Å²) in [6.45, 7) is 0. The van der Waals surface area contributed by atoms with Crippen molar-refractivity contribution in [1.29, 1.82) is 0 Å². The lowest BCUT2D eigenvalue weighted by molar-refractivity contribution is -0.108. The van der Waals surface area contributed by atoms with Crippen LogP contribution in [0.15, 0.2) is 42.5 Å². The Kier molecular flexibility index (Phi) is 2.36. The number of hydrogen-bond acceptors (Lipinski definition) is 4. The third kappa shape index (κ3) is 1.66. The molecule has 18 heavy (non-hydrogen) atoms. The van der Waals surface area contributed by atoms with Gasteiger partial charge in [0.1, 0.15) is 11.5 Å². The number of ether oxygens (including phenoxy) is 1. The topological polar surface area (TPSA) is 61.7 Å². The maximum Gasteiger partial charge on any atom is 0.318 e. The van der Waals surface area contributed by atoms with Crippen molar-refractivity contribution >= 4 is 17.3 Å². The zero-order valence-corrected chi connectivity index (χ0v) is 9.98. The molecule has 0 spiro atoms. The second kappa shape index (κ2) is 3.80. The number of rotatable bonds is 1. The first kappa shape index (κ1) is 11.2. The maximum absolute atomic E-state index is 10.4. The molecule has 3 N–H and O–H groups in total. The highest BCUT2D eigenvalue weighted by Gasteiger charge is 2.38. The average Bonchev–Trinajstić information content (AvgIpc) is 2.70. The van der Waals surface area contributed by atoms with Gasteiger partial charge in [-0.05, 0) is 30.3 Å². The monoisotopic (exact) mass is 263 g/mol. The van der Waals surface area contributed by atoms with Gasteiger partial charge in [0.2, 0.25) is 0 Å². The minimum Gasteiger partial charge on any atom is -0.506 e. The van der Waals surface area contributed by atoms with E-state index in [1.54, 1.807) is 18.2 Å². The summed E-state index contributed by atoms with van der Waals surface area (Å²) < 4.78 is 5.48. The van der Waals surface area contributed by atoms with E-state index in [4.69, 9.17) is 16.3 Å². The lowest BCUT2D eigenvalue weighted by Crippen LogP contribution is -2.36. The summed E-state index contributed by atoms with van der Waals surface area (Å²) in [6, 6.07) is 11.6. The number of phenols is 1. The highest BCUT2D eigenvalue weighted by atomic mass is 35.5. The van der Waals surface area contributed by atoms with E-state index in [9.17, 15) is 10.2 Å².